The highest BCUT2D eigenvalue weighted by Crippen LogP contribution is 2.29. The van der Waals surface area contributed by atoms with Gasteiger partial charge in [0.25, 0.3) is 15.7 Å². The van der Waals surface area contributed by atoms with E-state index < -0.39 is 25.5 Å². The number of anilines is 1. The molecule has 10 heteroatoms. The van der Waals surface area contributed by atoms with E-state index in [9.17, 15) is 18.5 Å². The van der Waals surface area contributed by atoms with Crippen molar-refractivity contribution in [2.45, 2.75) is 4.90 Å². The smallest absolute Gasteiger partial charge is 0.289 e. The predicted octanol–water partition coefficient (Wildman–Crippen LogP) is 1.68. The van der Waals surface area contributed by atoms with E-state index in [0.29, 0.717) is 12.4 Å². The van der Waals surface area contributed by atoms with E-state index in [4.69, 9.17) is 4.74 Å². The Morgan fingerprint density at radius 3 is 2.54 bits per heavy atom. The van der Waals surface area contributed by atoms with Gasteiger partial charge in [-0.3, -0.25) is 19.7 Å². The third-order valence-electron chi connectivity index (χ3n) is 4.36. The van der Waals surface area contributed by atoms with E-state index in [1.54, 1.807) is 24.3 Å². The van der Waals surface area contributed by atoms with Gasteiger partial charge in [0, 0.05) is 38.8 Å². The van der Waals surface area contributed by atoms with Crippen LogP contribution < -0.4 is 14.8 Å². The minimum Gasteiger partial charge on any atom is -0.490 e. The summed E-state index contributed by atoms with van der Waals surface area (Å²) in [5.41, 5.74) is -0.243. The van der Waals surface area contributed by atoms with Crippen LogP contribution in [0.25, 0.3) is 0 Å². The van der Waals surface area contributed by atoms with E-state index >= 15 is 0 Å². The lowest BCUT2D eigenvalue weighted by molar-refractivity contribution is -0.387. The summed E-state index contributed by atoms with van der Waals surface area (Å²) in [5, 5.41) is 14.4. The van der Waals surface area contributed by atoms with Crippen molar-refractivity contribution < 1.29 is 18.1 Å². The lowest BCUT2D eigenvalue weighted by Gasteiger charge is -2.27. The maximum absolute atomic E-state index is 12.7. The zero-order chi connectivity index (χ0) is 20.0. The molecule has 1 aliphatic heterocycles. The second-order valence-corrected chi connectivity index (χ2v) is 7.92. The molecule has 0 aromatic heterocycles. The number of rotatable bonds is 8. The molecule has 0 amide bonds. The molecule has 2 N–H and O–H groups in total. The largest absolute Gasteiger partial charge is 0.490 e. The molecule has 1 fully saturated rings. The molecule has 0 saturated carbocycles. The Balaban J connectivity index is 1.73. The van der Waals surface area contributed by atoms with Gasteiger partial charge < -0.3 is 10.1 Å². The Morgan fingerprint density at radius 1 is 1.11 bits per heavy atom. The fourth-order valence-electron chi connectivity index (χ4n) is 2.93. The van der Waals surface area contributed by atoms with Gasteiger partial charge in [0.1, 0.15) is 12.4 Å². The van der Waals surface area contributed by atoms with E-state index in [-0.39, 0.29) is 5.69 Å². The zero-order valence-electron chi connectivity index (χ0n) is 15.2. The van der Waals surface area contributed by atoms with Crippen molar-refractivity contribution >= 4 is 21.4 Å². The Hall–Kier alpha value is -2.69. The molecule has 1 heterocycles. The number of hydrogen-bond acceptors (Lipinski definition) is 7. The molecule has 0 spiro atoms. The third-order valence-corrected chi connectivity index (χ3v) is 5.77. The molecule has 9 nitrogen and oxygen atoms in total. The quantitative estimate of drug-likeness (QED) is 0.506. The lowest BCUT2D eigenvalue weighted by atomic mass is 10.3. The summed E-state index contributed by atoms with van der Waals surface area (Å²) in [6.07, 6.45) is 0. The summed E-state index contributed by atoms with van der Waals surface area (Å²) in [6.45, 7) is 4.89. The fourth-order valence-corrected chi connectivity index (χ4v) is 4.17. The maximum atomic E-state index is 12.7. The van der Waals surface area contributed by atoms with Gasteiger partial charge in [-0.1, -0.05) is 24.3 Å². The molecular formula is C18H22N4O5S. The standard InChI is InChI=1S/C18H22N4O5S/c23-22(24)16-6-2-4-8-18(16)28(25,26)20-15-5-1-3-7-17(15)27-14-13-21-11-9-19-10-12-21/h1-8,19-20H,9-14H2. The van der Waals surface area contributed by atoms with E-state index in [1.807, 2.05) is 0 Å². The Kier molecular flexibility index (Phi) is 6.45. The van der Waals surface area contributed by atoms with Crippen LogP contribution in [0.1, 0.15) is 0 Å². The fraction of sp³-hybridized carbons (Fsp3) is 0.333. The zero-order valence-corrected chi connectivity index (χ0v) is 16.0. The van der Waals surface area contributed by atoms with Gasteiger partial charge in [-0.2, -0.15) is 0 Å². The Morgan fingerprint density at radius 2 is 1.79 bits per heavy atom. The van der Waals surface area contributed by atoms with Crippen molar-refractivity contribution in [3.63, 3.8) is 0 Å². The minimum absolute atomic E-state index is 0.237. The number of benzene rings is 2. The monoisotopic (exact) mass is 406 g/mol. The van der Waals surface area contributed by atoms with Crippen molar-refractivity contribution in [3.05, 3.63) is 58.6 Å². The number of nitro groups is 1. The molecule has 2 aromatic rings. The third kappa shape index (κ3) is 4.97. The number of hydrogen-bond donors (Lipinski definition) is 2. The van der Waals surface area contributed by atoms with E-state index in [1.165, 1.54) is 18.2 Å². The summed E-state index contributed by atoms with van der Waals surface area (Å²) in [4.78, 5) is 12.3. The molecule has 150 valence electrons. The van der Waals surface area contributed by atoms with Crippen LogP contribution in [0.2, 0.25) is 0 Å². The lowest BCUT2D eigenvalue weighted by Crippen LogP contribution is -2.44. The topological polar surface area (TPSA) is 114 Å². The molecule has 0 atom stereocenters. The van der Waals surface area contributed by atoms with Crippen LogP contribution >= 0.6 is 0 Å². The number of piperazine rings is 1. The van der Waals surface area contributed by atoms with Gasteiger partial charge in [0.2, 0.25) is 0 Å². The number of para-hydroxylation sites is 3. The average molecular weight is 406 g/mol. The first-order valence-corrected chi connectivity index (χ1v) is 10.4. The minimum atomic E-state index is -4.15. The number of sulfonamides is 1. The molecule has 0 radical (unpaired) electrons. The summed E-state index contributed by atoms with van der Waals surface area (Å²) < 4.78 is 33.6. The second-order valence-electron chi connectivity index (χ2n) is 6.27. The van der Waals surface area contributed by atoms with Gasteiger partial charge in [0.05, 0.1) is 10.6 Å². The van der Waals surface area contributed by atoms with Gasteiger partial charge in [-0.25, -0.2) is 8.42 Å². The highest BCUT2D eigenvalue weighted by atomic mass is 32.2. The Labute approximate surface area is 163 Å². The summed E-state index contributed by atoms with van der Waals surface area (Å²) >= 11 is 0. The second kappa shape index (κ2) is 9.00. The number of nitrogens with one attached hydrogen (secondary N) is 2. The first-order valence-electron chi connectivity index (χ1n) is 8.88. The van der Waals surface area contributed by atoms with Gasteiger partial charge in [-0.05, 0) is 18.2 Å². The average Bonchev–Trinajstić information content (AvgIpc) is 2.70. The normalized spacial score (nSPS) is 15.1. The molecule has 0 aliphatic carbocycles. The first kappa shape index (κ1) is 20.1. The predicted molar refractivity (Wildman–Crippen MR) is 105 cm³/mol. The summed E-state index contributed by atoms with van der Waals surface area (Å²) in [7, 11) is -4.15. The molecular weight excluding hydrogens is 384 g/mol. The molecule has 28 heavy (non-hydrogen) atoms. The molecule has 3 rings (SSSR count). The number of nitrogens with zero attached hydrogens (tertiary/aromatic N) is 2. The van der Waals surface area contributed by atoms with Crippen molar-refractivity contribution in [1.29, 1.82) is 0 Å². The molecule has 0 unspecified atom stereocenters. The van der Waals surface area contributed by atoms with Crippen LogP contribution in [0.4, 0.5) is 11.4 Å². The number of nitro benzene ring substituents is 1. The SMILES string of the molecule is O=[N+]([O-])c1ccccc1S(=O)(=O)Nc1ccccc1OCCN1CCNCC1. The van der Waals surface area contributed by atoms with Crippen molar-refractivity contribution in [2.75, 3.05) is 44.1 Å². The summed E-state index contributed by atoms with van der Waals surface area (Å²) in [6, 6.07) is 11.9. The summed E-state index contributed by atoms with van der Waals surface area (Å²) in [5.74, 6) is 0.375. The van der Waals surface area contributed by atoms with Crippen LogP contribution in [0.15, 0.2) is 53.4 Å². The Bertz CT molecular complexity index is 929. The van der Waals surface area contributed by atoms with E-state index in [0.717, 1.165) is 38.8 Å². The highest BCUT2D eigenvalue weighted by Gasteiger charge is 2.26. The van der Waals surface area contributed by atoms with Gasteiger partial charge in [-0.15, -0.1) is 0 Å². The maximum Gasteiger partial charge on any atom is 0.289 e. The van der Waals surface area contributed by atoms with E-state index in [2.05, 4.69) is 14.9 Å². The van der Waals surface area contributed by atoms with Crippen molar-refractivity contribution in [1.82, 2.24) is 10.2 Å². The highest BCUT2D eigenvalue weighted by molar-refractivity contribution is 7.92. The van der Waals surface area contributed by atoms with Crippen LogP contribution in [0.5, 0.6) is 5.75 Å². The number of ether oxygens (including phenoxy) is 1. The molecule has 1 aliphatic rings. The molecule has 1 saturated heterocycles. The van der Waals surface area contributed by atoms with Crippen LogP contribution in [-0.4, -0.2) is 57.6 Å². The molecule has 2 aromatic carbocycles. The van der Waals surface area contributed by atoms with Gasteiger partial charge >= 0.3 is 0 Å². The van der Waals surface area contributed by atoms with Crippen molar-refractivity contribution in [3.8, 4) is 5.75 Å². The van der Waals surface area contributed by atoms with Crippen LogP contribution in [0, 0.1) is 10.1 Å². The van der Waals surface area contributed by atoms with Gasteiger partial charge in [0.15, 0.2) is 4.90 Å². The first-order chi connectivity index (χ1) is 13.5. The van der Waals surface area contributed by atoms with Crippen molar-refractivity contribution in [2.24, 2.45) is 0 Å². The molecule has 0 bridgehead atoms. The van der Waals surface area contributed by atoms with Crippen LogP contribution in [-0.2, 0) is 10.0 Å². The van der Waals surface area contributed by atoms with Crippen LogP contribution in [0.3, 0.4) is 0 Å².